The second-order valence-corrected chi connectivity index (χ2v) is 9.29. The van der Waals surface area contributed by atoms with Crippen LogP contribution in [0.4, 0.5) is 4.39 Å². The Morgan fingerprint density at radius 3 is 2.70 bits per heavy atom. The summed E-state index contributed by atoms with van der Waals surface area (Å²) in [6, 6.07) is 16.9. The molecule has 0 saturated carbocycles. The van der Waals surface area contributed by atoms with Crippen LogP contribution in [-0.2, 0) is 43.6 Å². The molecule has 33 heavy (non-hydrogen) atoms. The van der Waals surface area contributed by atoms with E-state index < -0.39 is 0 Å². The third-order valence-electron chi connectivity index (χ3n) is 6.03. The molecule has 3 heterocycles. The fraction of sp³-hybridized carbons (Fsp3) is 0.269. The van der Waals surface area contributed by atoms with Crippen molar-refractivity contribution < 1.29 is 9.18 Å². The summed E-state index contributed by atoms with van der Waals surface area (Å²) in [4.78, 5) is 24.0. The molecule has 0 radical (unpaired) electrons. The first-order chi connectivity index (χ1) is 16.1. The standard InChI is InChI=1S/C26H25FN4OS/c27-21-8-6-20(7-9-21)14-25-29-22(17-33-25)15-26(32)30-13-11-24-23(16-30)28-18-31(24)12-10-19-4-2-1-3-5-19/h1-9,17-18H,10-16H2. The lowest BCUT2D eigenvalue weighted by molar-refractivity contribution is -0.131. The number of hydrogen-bond donors (Lipinski definition) is 0. The molecule has 1 amide bonds. The molecule has 168 valence electrons. The van der Waals surface area contributed by atoms with Crippen LogP contribution < -0.4 is 0 Å². The van der Waals surface area contributed by atoms with Gasteiger partial charge in [0, 0.05) is 37.0 Å². The minimum absolute atomic E-state index is 0.0816. The van der Waals surface area contributed by atoms with E-state index in [4.69, 9.17) is 0 Å². The molecule has 5 nitrogen and oxygen atoms in total. The lowest BCUT2D eigenvalue weighted by Gasteiger charge is -2.27. The molecule has 0 fully saturated rings. The Hall–Kier alpha value is -3.32. The minimum atomic E-state index is -0.241. The smallest absolute Gasteiger partial charge is 0.228 e. The fourth-order valence-electron chi connectivity index (χ4n) is 4.22. The number of hydrogen-bond acceptors (Lipinski definition) is 4. The van der Waals surface area contributed by atoms with Gasteiger partial charge in [0.2, 0.25) is 5.91 Å². The summed E-state index contributed by atoms with van der Waals surface area (Å²) in [6.07, 6.45) is 4.64. The van der Waals surface area contributed by atoms with Crippen molar-refractivity contribution in [2.45, 2.75) is 38.8 Å². The van der Waals surface area contributed by atoms with E-state index in [2.05, 4.69) is 38.8 Å². The van der Waals surface area contributed by atoms with Crippen LogP contribution in [0.2, 0.25) is 0 Å². The van der Waals surface area contributed by atoms with Gasteiger partial charge in [0.05, 0.1) is 35.7 Å². The number of rotatable bonds is 7. The molecule has 0 atom stereocenters. The highest BCUT2D eigenvalue weighted by atomic mass is 32.1. The normalized spacial score (nSPS) is 13.2. The number of thiazole rings is 1. The number of carbonyl (C=O) groups is 1. The quantitative estimate of drug-likeness (QED) is 0.410. The van der Waals surface area contributed by atoms with E-state index in [9.17, 15) is 9.18 Å². The van der Waals surface area contributed by atoms with Gasteiger partial charge in [0.1, 0.15) is 5.82 Å². The summed E-state index contributed by atoms with van der Waals surface area (Å²) in [5.41, 5.74) is 5.36. The topological polar surface area (TPSA) is 51.0 Å². The molecule has 2 aromatic carbocycles. The lowest BCUT2D eigenvalue weighted by atomic mass is 10.1. The summed E-state index contributed by atoms with van der Waals surface area (Å²) < 4.78 is 15.3. The molecule has 0 spiro atoms. The number of benzene rings is 2. The van der Waals surface area contributed by atoms with Crippen molar-refractivity contribution in [3.63, 3.8) is 0 Å². The Balaban J connectivity index is 1.17. The van der Waals surface area contributed by atoms with E-state index >= 15 is 0 Å². The second kappa shape index (κ2) is 9.67. The summed E-state index contributed by atoms with van der Waals surface area (Å²) in [5, 5.41) is 2.88. The van der Waals surface area contributed by atoms with Crippen molar-refractivity contribution in [3.8, 4) is 0 Å². The van der Waals surface area contributed by atoms with E-state index in [0.717, 1.165) is 41.3 Å². The Morgan fingerprint density at radius 2 is 1.88 bits per heavy atom. The number of nitrogens with zero attached hydrogens (tertiary/aromatic N) is 4. The van der Waals surface area contributed by atoms with Crippen molar-refractivity contribution in [2.75, 3.05) is 6.54 Å². The lowest BCUT2D eigenvalue weighted by Crippen LogP contribution is -2.37. The van der Waals surface area contributed by atoms with Gasteiger partial charge in [-0.25, -0.2) is 14.4 Å². The highest BCUT2D eigenvalue weighted by molar-refractivity contribution is 7.09. The molecule has 0 unspecified atom stereocenters. The average Bonchev–Trinajstić information content (AvgIpc) is 3.46. The number of carbonyl (C=O) groups excluding carboxylic acids is 1. The molecule has 2 aromatic heterocycles. The Morgan fingerprint density at radius 1 is 1.06 bits per heavy atom. The number of halogens is 1. The first-order valence-electron chi connectivity index (χ1n) is 11.2. The van der Waals surface area contributed by atoms with Gasteiger partial charge in [-0.1, -0.05) is 42.5 Å². The average molecular weight is 461 g/mol. The summed E-state index contributed by atoms with van der Waals surface area (Å²) in [6.45, 7) is 2.16. The van der Waals surface area contributed by atoms with Crippen LogP contribution in [0, 0.1) is 5.82 Å². The van der Waals surface area contributed by atoms with Crippen LogP contribution in [0.1, 0.15) is 33.2 Å². The Kier molecular flexibility index (Phi) is 6.30. The summed E-state index contributed by atoms with van der Waals surface area (Å²) >= 11 is 1.54. The molecule has 0 saturated heterocycles. The minimum Gasteiger partial charge on any atom is -0.336 e. The number of imidazole rings is 1. The Bertz CT molecular complexity index is 1230. The molecule has 0 N–H and O–H groups in total. The van der Waals surface area contributed by atoms with Gasteiger partial charge in [0.15, 0.2) is 0 Å². The fourth-order valence-corrected chi connectivity index (χ4v) is 5.05. The molecule has 0 bridgehead atoms. The number of aromatic nitrogens is 3. The maximum atomic E-state index is 13.1. The predicted octanol–water partition coefficient (Wildman–Crippen LogP) is 4.44. The first-order valence-corrected chi connectivity index (χ1v) is 12.0. The third-order valence-corrected chi connectivity index (χ3v) is 6.93. The second-order valence-electron chi connectivity index (χ2n) is 8.34. The Labute approximate surface area is 196 Å². The molecule has 5 rings (SSSR count). The molecular formula is C26H25FN4OS. The first kappa shape index (κ1) is 21.5. The zero-order valence-electron chi connectivity index (χ0n) is 18.3. The molecule has 1 aliphatic rings. The van der Waals surface area contributed by atoms with Gasteiger partial charge in [-0.15, -0.1) is 11.3 Å². The van der Waals surface area contributed by atoms with Crippen LogP contribution in [0.15, 0.2) is 66.3 Å². The highest BCUT2D eigenvalue weighted by Gasteiger charge is 2.24. The molecule has 7 heteroatoms. The van der Waals surface area contributed by atoms with E-state index in [1.165, 1.54) is 23.4 Å². The number of amides is 1. The van der Waals surface area contributed by atoms with Gasteiger partial charge in [-0.2, -0.15) is 0 Å². The van der Waals surface area contributed by atoms with E-state index in [-0.39, 0.29) is 11.7 Å². The van der Waals surface area contributed by atoms with Crippen LogP contribution in [-0.4, -0.2) is 31.9 Å². The van der Waals surface area contributed by atoms with Crippen LogP contribution in [0.3, 0.4) is 0 Å². The number of fused-ring (bicyclic) bond motifs is 1. The van der Waals surface area contributed by atoms with Gasteiger partial charge < -0.3 is 9.47 Å². The van der Waals surface area contributed by atoms with E-state index in [1.807, 2.05) is 22.7 Å². The van der Waals surface area contributed by atoms with Gasteiger partial charge >= 0.3 is 0 Å². The van der Waals surface area contributed by atoms with Gasteiger partial charge in [0.25, 0.3) is 0 Å². The zero-order valence-corrected chi connectivity index (χ0v) is 19.1. The monoisotopic (exact) mass is 460 g/mol. The SMILES string of the molecule is O=C(Cc1csc(Cc2ccc(F)cc2)n1)N1CCc2c(ncn2CCc2ccccc2)C1. The third kappa shape index (κ3) is 5.20. The van der Waals surface area contributed by atoms with Crippen molar-refractivity contribution in [2.24, 2.45) is 0 Å². The van der Waals surface area contributed by atoms with Crippen LogP contribution in [0.25, 0.3) is 0 Å². The molecule has 1 aliphatic heterocycles. The van der Waals surface area contributed by atoms with Crippen LogP contribution >= 0.6 is 11.3 Å². The predicted molar refractivity (Wildman–Crippen MR) is 127 cm³/mol. The van der Waals surface area contributed by atoms with Crippen molar-refractivity contribution in [3.05, 3.63) is 105 Å². The maximum Gasteiger partial charge on any atom is 0.228 e. The van der Waals surface area contributed by atoms with Crippen LogP contribution in [0.5, 0.6) is 0 Å². The van der Waals surface area contributed by atoms with Gasteiger partial charge in [-0.3, -0.25) is 4.79 Å². The summed E-state index contributed by atoms with van der Waals surface area (Å²) in [7, 11) is 0. The largest absolute Gasteiger partial charge is 0.336 e. The van der Waals surface area contributed by atoms with Crippen molar-refractivity contribution in [1.29, 1.82) is 0 Å². The highest BCUT2D eigenvalue weighted by Crippen LogP contribution is 2.21. The van der Waals surface area contributed by atoms with E-state index in [0.29, 0.717) is 25.9 Å². The van der Waals surface area contributed by atoms with Crippen molar-refractivity contribution >= 4 is 17.2 Å². The zero-order chi connectivity index (χ0) is 22.6. The summed E-state index contributed by atoms with van der Waals surface area (Å²) in [5.74, 6) is -0.159. The maximum absolute atomic E-state index is 13.1. The van der Waals surface area contributed by atoms with Crippen molar-refractivity contribution in [1.82, 2.24) is 19.4 Å². The molecule has 4 aromatic rings. The van der Waals surface area contributed by atoms with E-state index in [1.54, 1.807) is 23.5 Å². The molecule has 0 aliphatic carbocycles. The van der Waals surface area contributed by atoms with Gasteiger partial charge in [-0.05, 0) is 29.7 Å². The number of aryl methyl sites for hydroxylation is 2. The molecular weight excluding hydrogens is 435 g/mol.